The summed E-state index contributed by atoms with van der Waals surface area (Å²) in [7, 11) is 1.76. The van der Waals surface area contributed by atoms with Gasteiger partial charge in [0, 0.05) is 49.6 Å². The average Bonchev–Trinajstić information content (AvgIpc) is 3.39. The molecule has 0 amide bonds. The van der Waals surface area contributed by atoms with Crippen LogP contribution in [0.1, 0.15) is 55.2 Å². The maximum absolute atomic E-state index is 13.8. The molecule has 9 heteroatoms. The number of pyridine rings is 1. The lowest BCUT2D eigenvalue weighted by Gasteiger charge is -2.48. The average molecular weight is 531 g/mol. The number of hydrogen-bond donors (Lipinski definition) is 0. The summed E-state index contributed by atoms with van der Waals surface area (Å²) in [6.07, 6.45) is 0. The minimum absolute atomic E-state index is 0.0681. The van der Waals surface area contributed by atoms with Gasteiger partial charge in [-0.15, -0.1) is 10.2 Å². The number of anilines is 1. The van der Waals surface area contributed by atoms with E-state index >= 15 is 0 Å². The molecule has 0 bridgehead atoms. The van der Waals surface area contributed by atoms with Crippen molar-refractivity contribution in [3.05, 3.63) is 91.7 Å². The molecule has 2 unspecified atom stereocenters. The van der Waals surface area contributed by atoms with Crippen LogP contribution in [0.5, 0.6) is 0 Å². The normalized spacial score (nSPS) is 19.2. The van der Waals surface area contributed by atoms with Gasteiger partial charge in [0.2, 0.25) is 0 Å². The molecule has 1 saturated heterocycles. The van der Waals surface area contributed by atoms with Gasteiger partial charge >= 0.3 is 0 Å². The van der Waals surface area contributed by atoms with Crippen molar-refractivity contribution in [2.45, 2.75) is 51.7 Å². The van der Waals surface area contributed by atoms with Gasteiger partial charge in [-0.25, -0.2) is 9.24 Å². The van der Waals surface area contributed by atoms with Crippen LogP contribution in [0.25, 0.3) is 15.7 Å². The van der Waals surface area contributed by atoms with Crippen molar-refractivity contribution in [3.8, 4) is 0 Å². The lowest BCUT2D eigenvalue weighted by Crippen LogP contribution is -2.57. The minimum Gasteiger partial charge on any atom is -0.365 e. The van der Waals surface area contributed by atoms with Crippen LogP contribution in [0.4, 0.5) is 15.8 Å². The van der Waals surface area contributed by atoms with E-state index in [-0.39, 0.29) is 35.4 Å². The van der Waals surface area contributed by atoms with Gasteiger partial charge < -0.3 is 9.47 Å². The Hall–Kier alpha value is -3.61. The number of fused-ring (bicyclic) bond motifs is 1. The SMILES string of the molecule is [C-]#[N+]c1ccc2c(c1)c(N1C[C@@H](C)N(C(c3ccc(F)cc3)c3nnc(C(C)C)s3)CC1C)cc(=O)n2C. The molecule has 0 radical (unpaired) electrons. The van der Waals surface area contributed by atoms with Crippen LogP contribution in [0.15, 0.2) is 53.3 Å². The first-order valence-corrected chi connectivity index (χ1v) is 13.6. The van der Waals surface area contributed by atoms with Gasteiger partial charge in [-0.2, -0.15) is 0 Å². The molecular formula is C29H31FN6OS. The van der Waals surface area contributed by atoms with E-state index in [2.05, 4.69) is 52.5 Å². The lowest BCUT2D eigenvalue weighted by molar-refractivity contribution is 0.129. The number of nitrogens with zero attached hydrogens (tertiary/aromatic N) is 6. The fourth-order valence-electron chi connectivity index (χ4n) is 5.30. The Morgan fingerprint density at radius 3 is 2.39 bits per heavy atom. The van der Waals surface area contributed by atoms with Crippen LogP contribution in [-0.2, 0) is 7.05 Å². The molecule has 1 aliphatic rings. The number of aryl methyl sites for hydroxylation is 1. The number of rotatable bonds is 5. The van der Waals surface area contributed by atoms with Crippen molar-refractivity contribution in [1.29, 1.82) is 0 Å². The van der Waals surface area contributed by atoms with Crippen molar-refractivity contribution >= 4 is 33.6 Å². The molecule has 5 rings (SSSR count). The summed E-state index contributed by atoms with van der Waals surface area (Å²) >= 11 is 1.61. The highest BCUT2D eigenvalue weighted by Gasteiger charge is 2.37. The summed E-state index contributed by atoms with van der Waals surface area (Å²) < 4.78 is 15.5. The fraction of sp³-hybridized carbons (Fsp3) is 0.379. The highest BCUT2D eigenvalue weighted by Crippen LogP contribution is 2.38. The molecule has 4 aromatic rings. The highest BCUT2D eigenvalue weighted by atomic mass is 32.1. The minimum atomic E-state index is -0.268. The molecule has 0 saturated carbocycles. The highest BCUT2D eigenvalue weighted by molar-refractivity contribution is 7.11. The van der Waals surface area contributed by atoms with Gasteiger partial charge in [0.05, 0.1) is 23.8 Å². The third-order valence-electron chi connectivity index (χ3n) is 7.38. The second kappa shape index (κ2) is 10.3. The van der Waals surface area contributed by atoms with Crippen molar-refractivity contribution in [2.24, 2.45) is 7.05 Å². The van der Waals surface area contributed by atoms with Crippen LogP contribution >= 0.6 is 11.3 Å². The van der Waals surface area contributed by atoms with Crippen LogP contribution in [0.3, 0.4) is 0 Å². The predicted octanol–water partition coefficient (Wildman–Crippen LogP) is 5.89. The van der Waals surface area contributed by atoms with Crippen molar-refractivity contribution in [1.82, 2.24) is 19.7 Å². The molecule has 2 aromatic heterocycles. The molecule has 3 atom stereocenters. The number of halogens is 1. The van der Waals surface area contributed by atoms with Gasteiger partial charge in [-0.1, -0.05) is 43.4 Å². The van der Waals surface area contributed by atoms with Crippen molar-refractivity contribution in [2.75, 3.05) is 18.0 Å². The monoisotopic (exact) mass is 530 g/mol. The molecule has 38 heavy (non-hydrogen) atoms. The lowest BCUT2D eigenvalue weighted by atomic mass is 9.99. The summed E-state index contributed by atoms with van der Waals surface area (Å²) in [5, 5.41) is 11.8. The summed E-state index contributed by atoms with van der Waals surface area (Å²) in [6, 6.07) is 13.8. The second-order valence-electron chi connectivity index (χ2n) is 10.4. The second-order valence-corrected chi connectivity index (χ2v) is 11.4. The van der Waals surface area contributed by atoms with E-state index in [0.717, 1.165) is 32.2 Å². The molecule has 0 N–H and O–H groups in total. The first-order chi connectivity index (χ1) is 18.2. The Labute approximate surface area is 226 Å². The number of hydrogen-bond acceptors (Lipinski definition) is 6. The van der Waals surface area contributed by atoms with E-state index < -0.39 is 0 Å². The Morgan fingerprint density at radius 2 is 1.74 bits per heavy atom. The first-order valence-electron chi connectivity index (χ1n) is 12.8. The summed E-state index contributed by atoms with van der Waals surface area (Å²) in [6.45, 7) is 17.4. The van der Waals surface area contributed by atoms with E-state index in [1.54, 1.807) is 35.1 Å². The summed E-state index contributed by atoms with van der Waals surface area (Å²) in [4.78, 5) is 21.2. The fourth-order valence-corrected chi connectivity index (χ4v) is 6.30. The van der Waals surface area contributed by atoms with Crippen LogP contribution in [0.2, 0.25) is 0 Å². The van der Waals surface area contributed by atoms with Crippen LogP contribution in [-0.4, -0.2) is 44.8 Å². The third-order valence-corrected chi connectivity index (χ3v) is 8.66. The standard InChI is InChI=1S/C29H31FN6OS/c1-17(2)28-32-33-29(38-28)27(20-7-9-21(30)10-8-20)36-16-18(3)35(15-19(36)4)25-14-26(37)34(6)24-12-11-22(31-5)13-23(24)25/h7-14,17-19,27H,15-16H2,1-4,6H3/t18?,19-,27?/m1/s1. The molecule has 3 heterocycles. The van der Waals surface area contributed by atoms with Gasteiger partial charge in [0.1, 0.15) is 15.8 Å². The Morgan fingerprint density at radius 1 is 1.03 bits per heavy atom. The van der Waals surface area contributed by atoms with Crippen molar-refractivity contribution < 1.29 is 4.39 Å². The zero-order valence-electron chi connectivity index (χ0n) is 22.2. The van der Waals surface area contributed by atoms with Gasteiger partial charge in [-0.05, 0) is 43.7 Å². The van der Waals surface area contributed by atoms with Crippen LogP contribution in [0, 0.1) is 12.4 Å². The molecule has 0 spiro atoms. The maximum Gasteiger partial charge on any atom is 0.252 e. The third kappa shape index (κ3) is 4.70. The van der Waals surface area contributed by atoms with E-state index in [9.17, 15) is 9.18 Å². The van der Waals surface area contributed by atoms with Crippen LogP contribution < -0.4 is 10.5 Å². The zero-order chi connectivity index (χ0) is 27.1. The molecule has 1 fully saturated rings. The Balaban J connectivity index is 1.55. The largest absolute Gasteiger partial charge is 0.365 e. The summed E-state index contributed by atoms with van der Waals surface area (Å²) in [5.41, 5.74) is 3.10. The predicted molar refractivity (Wildman–Crippen MR) is 151 cm³/mol. The zero-order valence-corrected chi connectivity index (χ0v) is 23.0. The van der Waals surface area contributed by atoms with Gasteiger partial charge in [0.15, 0.2) is 5.69 Å². The first kappa shape index (κ1) is 26.0. The summed E-state index contributed by atoms with van der Waals surface area (Å²) in [5.74, 6) is 0.00724. The molecule has 1 aliphatic heterocycles. The molecule has 196 valence electrons. The van der Waals surface area contributed by atoms with Gasteiger partial charge in [0.25, 0.3) is 5.56 Å². The number of piperazine rings is 1. The maximum atomic E-state index is 13.8. The Kier molecular flexibility index (Phi) is 7.03. The van der Waals surface area contributed by atoms with E-state index in [1.807, 2.05) is 24.3 Å². The number of aromatic nitrogens is 3. The Bertz CT molecular complexity index is 1570. The van der Waals surface area contributed by atoms with Crippen molar-refractivity contribution in [3.63, 3.8) is 0 Å². The quantitative estimate of drug-likeness (QED) is 0.301. The van der Waals surface area contributed by atoms with E-state index in [0.29, 0.717) is 18.8 Å². The topological polar surface area (TPSA) is 58.6 Å². The molecule has 2 aromatic carbocycles. The molecule has 7 nitrogen and oxygen atoms in total. The van der Waals surface area contributed by atoms with Gasteiger partial charge in [-0.3, -0.25) is 9.69 Å². The molecular weight excluding hydrogens is 499 g/mol. The van der Waals surface area contributed by atoms with E-state index in [1.165, 1.54) is 12.1 Å². The van der Waals surface area contributed by atoms with E-state index in [4.69, 9.17) is 6.57 Å². The molecule has 0 aliphatic carbocycles. The smallest absolute Gasteiger partial charge is 0.252 e. The number of benzene rings is 2.